The Balaban J connectivity index is 2.41. The minimum atomic E-state index is -0.497. The van der Waals surface area contributed by atoms with Crippen LogP contribution in [0.4, 0.5) is 0 Å². The number of benzene rings is 1. The first-order valence-corrected chi connectivity index (χ1v) is 6.45. The second kappa shape index (κ2) is 4.89. The van der Waals surface area contributed by atoms with Crippen LogP contribution < -0.4 is 0 Å². The highest BCUT2D eigenvalue weighted by Gasteiger charge is 2.27. The highest BCUT2D eigenvalue weighted by Crippen LogP contribution is 2.28. The van der Waals surface area contributed by atoms with Gasteiger partial charge in [0.15, 0.2) is 0 Å². The molecule has 0 spiro atoms. The Morgan fingerprint density at radius 1 is 1.21 bits per heavy atom. The Labute approximate surface area is 114 Å². The van der Waals surface area contributed by atoms with E-state index < -0.39 is 5.41 Å². The number of nitriles is 1. The fraction of sp³-hybridized carbons (Fsp3) is 0.375. The summed E-state index contributed by atoms with van der Waals surface area (Å²) in [5, 5.41) is 13.9. The Morgan fingerprint density at radius 3 is 2.42 bits per heavy atom. The largest absolute Gasteiger partial charge is 0.265 e. The van der Waals surface area contributed by atoms with Gasteiger partial charge in [0.2, 0.25) is 0 Å². The number of hydrogen-bond acceptors (Lipinski definition) is 2. The first-order valence-electron chi connectivity index (χ1n) is 6.45. The van der Waals surface area contributed by atoms with Gasteiger partial charge in [-0.1, -0.05) is 30.3 Å². The molecule has 0 radical (unpaired) electrons. The van der Waals surface area contributed by atoms with E-state index in [0.717, 1.165) is 23.5 Å². The van der Waals surface area contributed by atoms with Crippen molar-refractivity contribution in [2.75, 3.05) is 0 Å². The molecule has 0 N–H and O–H groups in total. The van der Waals surface area contributed by atoms with Gasteiger partial charge >= 0.3 is 0 Å². The van der Waals surface area contributed by atoms with E-state index in [1.807, 2.05) is 50.6 Å². The van der Waals surface area contributed by atoms with Crippen LogP contribution in [0, 0.1) is 25.2 Å². The lowest BCUT2D eigenvalue weighted by molar-refractivity contribution is 0.645. The molecular weight excluding hydrogens is 234 g/mol. The second-order valence-electron chi connectivity index (χ2n) is 5.43. The fourth-order valence-corrected chi connectivity index (χ4v) is 2.57. The Hall–Kier alpha value is -2.08. The second-order valence-corrected chi connectivity index (χ2v) is 5.43. The molecule has 0 unspecified atom stereocenters. The quantitative estimate of drug-likeness (QED) is 0.841. The number of hydrogen-bond donors (Lipinski definition) is 0. The summed E-state index contributed by atoms with van der Waals surface area (Å²) < 4.78 is 1.99. The van der Waals surface area contributed by atoms with Crippen LogP contribution in [0.15, 0.2) is 30.3 Å². The van der Waals surface area contributed by atoms with Gasteiger partial charge in [0.05, 0.1) is 23.7 Å². The maximum absolute atomic E-state index is 9.31. The molecule has 98 valence electrons. The summed E-state index contributed by atoms with van der Waals surface area (Å²) in [4.78, 5) is 0. The lowest BCUT2D eigenvalue weighted by Gasteiger charge is -2.16. The summed E-state index contributed by atoms with van der Waals surface area (Å²) in [6, 6.07) is 12.6. The van der Waals surface area contributed by atoms with Gasteiger partial charge in [-0.2, -0.15) is 10.4 Å². The van der Waals surface area contributed by atoms with Crippen molar-refractivity contribution in [1.82, 2.24) is 9.78 Å². The maximum Gasteiger partial charge on any atom is 0.0802 e. The van der Waals surface area contributed by atoms with Gasteiger partial charge < -0.3 is 0 Å². The molecular formula is C16H19N3. The Kier molecular flexibility index (Phi) is 3.44. The molecule has 0 amide bonds. The third-order valence-corrected chi connectivity index (χ3v) is 3.46. The SMILES string of the molecule is Cc1nn(Cc2ccccc2)c(C)c1C(C)(C)C#N. The van der Waals surface area contributed by atoms with E-state index in [-0.39, 0.29) is 0 Å². The van der Waals surface area contributed by atoms with Gasteiger partial charge in [0.25, 0.3) is 0 Å². The van der Waals surface area contributed by atoms with Crippen molar-refractivity contribution in [3.8, 4) is 6.07 Å². The molecule has 3 heteroatoms. The van der Waals surface area contributed by atoms with Crippen LogP contribution in [0.1, 0.15) is 36.4 Å². The van der Waals surface area contributed by atoms with Crippen LogP contribution in [-0.2, 0) is 12.0 Å². The lowest BCUT2D eigenvalue weighted by Crippen LogP contribution is -2.16. The summed E-state index contributed by atoms with van der Waals surface area (Å²) in [5.41, 5.74) is 3.79. The predicted molar refractivity (Wildman–Crippen MR) is 75.9 cm³/mol. The summed E-state index contributed by atoms with van der Waals surface area (Å²) in [5.74, 6) is 0. The highest BCUT2D eigenvalue weighted by molar-refractivity contribution is 5.37. The van der Waals surface area contributed by atoms with Crippen molar-refractivity contribution in [1.29, 1.82) is 5.26 Å². The zero-order chi connectivity index (χ0) is 14.0. The van der Waals surface area contributed by atoms with E-state index >= 15 is 0 Å². The molecule has 0 saturated heterocycles. The third-order valence-electron chi connectivity index (χ3n) is 3.46. The minimum absolute atomic E-state index is 0.497. The molecule has 0 atom stereocenters. The third kappa shape index (κ3) is 2.53. The first-order chi connectivity index (χ1) is 8.95. The van der Waals surface area contributed by atoms with E-state index in [1.165, 1.54) is 5.56 Å². The number of aryl methyl sites for hydroxylation is 1. The summed E-state index contributed by atoms with van der Waals surface area (Å²) in [7, 11) is 0. The number of aromatic nitrogens is 2. The molecule has 19 heavy (non-hydrogen) atoms. The van der Waals surface area contributed by atoms with Crippen molar-refractivity contribution < 1.29 is 0 Å². The van der Waals surface area contributed by atoms with Gasteiger partial charge in [-0.05, 0) is 33.3 Å². The highest BCUT2D eigenvalue weighted by atomic mass is 15.3. The molecule has 0 aliphatic carbocycles. The van der Waals surface area contributed by atoms with E-state index in [0.29, 0.717) is 0 Å². The van der Waals surface area contributed by atoms with Crippen LogP contribution in [0.25, 0.3) is 0 Å². The lowest BCUT2D eigenvalue weighted by atomic mass is 9.85. The fourth-order valence-electron chi connectivity index (χ4n) is 2.57. The van der Waals surface area contributed by atoms with E-state index in [9.17, 15) is 5.26 Å². The van der Waals surface area contributed by atoms with Gasteiger partial charge in [0.1, 0.15) is 0 Å². The number of nitrogens with zero attached hydrogens (tertiary/aromatic N) is 3. The van der Waals surface area contributed by atoms with E-state index in [4.69, 9.17) is 0 Å². The average Bonchev–Trinajstić information content (AvgIpc) is 2.66. The molecule has 0 aliphatic rings. The van der Waals surface area contributed by atoms with Crippen LogP contribution in [0.2, 0.25) is 0 Å². The van der Waals surface area contributed by atoms with Crippen LogP contribution in [0.5, 0.6) is 0 Å². The van der Waals surface area contributed by atoms with Gasteiger partial charge in [-0.3, -0.25) is 4.68 Å². The van der Waals surface area contributed by atoms with Crippen LogP contribution >= 0.6 is 0 Å². The molecule has 0 saturated carbocycles. The van der Waals surface area contributed by atoms with Gasteiger partial charge in [-0.15, -0.1) is 0 Å². The summed E-state index contributed by atoms with van der Waals surface area (Å²) in [6.07, 6.45) is 0. The minimum Gasteiger partial charge on any atom is -0.265 e. The van der Waals surface area contributed by atoms with Crippen molar-refractivity contribution in [2.45, 2.75) is 39.7 Å². The van der Waals surface area contributed by atoms with Gasteiger partial charge in [0, 0.05) is 11.3 Å². The maximum atomic E-state index is 9.31. The zero-order valence-corrected chi connectivity index (χ0v) is 11.9. The molecule has 1 aromatic heterocycles. The van der Waals surface area contributed by atoms with Crippen molar-refractivity contribution in [3.63, 3.8) is 0 Å². The Bertz CT molecular complexity index is 615. The van der Waals surface area contributed by atoms with Crippen LogP contribution in [0.3, 0.4) is 0 Å². The predicted octanol–water partition coefficient (Wildman–Crippen LogP) is 3.35. The summed E-state index contributed by atoms with van der Waals surface area (Å²) >= 11 is 0. The van der Waals surface area contributed by atoms with Crippen molar-refractivity contribution in [2.24, 2.45) is 0 Å². The molecule has 0 bridgehead atoms. The summed E-state index contributed by atoms with van der Waals surface area (Å²) in [6.45, 7) is 8.64. The monoisotopic (exact) mass is 253 g/mol. The smallest absolute Gasteiger partial charge is 0.0802 e. The molecule has 0 aliphatic heterocycles. The zero-order valence-electron chi connectivity index (χ0n) is 11.9. The molecule has 2 rings (SSSR count). The standard InChI is InChI=1S/C16H19N3/c1-12-15(16(3,4)11-17)13(2)19(18-12)10-14-8-6-5-7-9-14/h5-9H,10H2,1-4H3. The molecule has 2 aromatic rings. The van der Waals surface area contributed by atoms with E-state index in [2.05, 4.69) is 23.3 Å². The molecule has 1 aromatic carbocycles. The first kappa shape index (κ1) is 13.4. The van der Waals surface area contributed by atoms with Crippen molar-refractivity contribution >= 4 is 0 Å². The molecule has 3 nitrogen and oxygen atoms in total. The van der Waals surface area contributed by atoms with E-state index in [1.54, 1.807) is 0 Å². The molecule has 0 fully saturated rings. The van der Waals surface area contributed by atoms with Crippen molar-refractivity contribution in [3.05, 3.63) is 52.8 Å². The average molecular weight is 253 g/mol. The van der Waals surface area contributed by atoms with Gasteiger partial charge in [-0.25, -0.2) is 0 Å². The topological polar surface area (TPSA) is 41.6 Å². The van der Waals surface area contributed by atoms with Crippen LogP contribution in [-0.4, -0.2) is 9.78 Å². The Morgan fingerprint density at radius 2 is 1.84 bits per heavy atom. The number of rotatable bonds is 3. The molecule has 1 heterocycles. The normalized spacial score (nSPS) is 11.3.